The molecule has 11 nitrogen and oxygen atoms in total. The van der Waals surface area contributed by atoms with Gasteiger partial charge in [0.05, 0.1) is 0 Å². The fourth-order valence-corrected chi connectivity index (χ4v) is 3.44. The van der Waals surface area contributed by atoms with Gasteiger partial charge in [0.1, 0.15) is 12.1 Å². The number of benzene rings is 1. The summed E-state index contributed by atoms with van der Waals surface area (Å²) in [5.41, 5.74) is 1.14. The number of rotatable bonds is 15. The van der Waals surface area contributed by atoms with Gasteiger partial charge in [-0.3, -0.25) is 9.59 Å². The Kier molecular flexibility index (Phi) is 12.9. The summed E-state index contributed by atoms with van der Waals surface area (Å²) >= 11 is 2.22. The Hall–Kier alpha value is -2.90. The molecule has 1 aromatic carbocycles. The Morgan fingerprint density at radius 1 is 0.824 bits per heavy atom. The summed E-state index contributed by atoms with van der Waals surface area (Å²) in [5, 5.41) is 34.2. The van der Waals surface area contributed by atoms with Gasteiger partial charge in [-0.25, -0.2) is 14.4 Å². The van der Waals surface area contributed by atoms with E-state index in [1.165, 1.54) is 0 Å². The number of hydrogen-bond donors (Lipinski definition) is 6. The number of aliphatic carboxylic acids is 3. The van der Waals surface area contributed by atoms with Gasteiger partial charge in [0.2, 0.25) is 5.91 Å². The molecule has 0 bridgehead atoms. The molecule has 12 heteroatoms. The maximum absolute atomic E-state index is 12.1. The Morgan fingerprint density at radius 2 is 1.38 bits per heavy atom. The highest BCUT2D eigenvalue weighted by molar-refractivity contribution is 14.1. The van der Waals surface area contributed by atoms with Crippen LogP contribution in [0.5, 0.6) is 0 Å². The predicted molar refractivity (Wildman–Crippen MR) is 130 cm³/mol. The predicted octanol–water partition coefficient (Wildman–Crippen LogP) is 1.97. The fraction of sp³-hybridized carbons (Fsp3) is 0.500. The molecule has 0 aliphatic rings. The first-order valence-electron chi connectivity index (χ1n) is 10.8. The Balaban J connectivity index is 2.42. The number of urea groups is 1. The van der Waals surface area contributed by atoms with Crippen molar-refractivity contribution in [2.75, 3.05) is 0 Å². The summed E-state index contributed by atoms with van der Waals surface area (Å²) < 4.78 is 1.14. The van der Waals surface area contributed by atoms with Crippen LogP contribution in [0.3, 0.4) is 0 Å². The summed E-state index contributed by atoms with van der Waals surface area (Å²) in [6.45, 7) is 1.72. The van der Waals surface area contributed by atoms with Gasteiger partial charge in [-0.15, -0.1) is 0 Å². The van der Waals surface area contributed by atoms with Crippen LogP contribution in [0.4, 0.5) is 4.79 Å². The molecular weight excluding hydrogens is 561 g/mol. The van der Waals surface area contributed by atoms with Crippen molar-refractivity contribution in [3.8, 4) is 0 Å². The van der Waals surface area contributed by atoms with E-state index in [1.807, 2.05) is 24.3 Å². The van der Waals surface area contributed by atoms with E-state index in [2.05, 4.69) is 38.5 Å². The average Bonchev–Trinajstić information content (AvgIpc) is 2.74. The van der Waals surface area contributed by atoms with Crippen LogP contribution >= 0.6 is 22.6 Å². The lowest BCUT2D eigenvalue weighted by atomic mass is 10.1. The normalized spacial score (nSPS) is 13.2. The highest BCUT2D eigenvalue weighted by Gasteiger charge is 2.25. The SMILES string of the molecule is CC(CC[C@H](NC(=O)N[C@@H](CCC(=O)O)C(=O)O)C(=O)O)NC(=O)CCCc1ccc(I)cc1. The van der Waals surface area contributed by atoms with Crippen LogP contribution in [0, 0.1) is 3.57 Å². The van der Waals surface area contributed by atoms with Crippen molar-refractivity contribution in [2.45, 2.75) is 70.0 Å². The molecular formula is C22H30IN3O8. The van der Waals surface area contributed by atoms with Crippen LogP contribution in [0.25, 0.3) is 0 Å². The zero-order chi connectivity index (χ0) is 25.7. The van der Waals surface area contributed by atoms with E-state index in [4.69, 9.17) is 10.2 Å². The van der Waals surface area contributed by atoms with Crippen LogP contribution in [-0.2, 0) is 25.6 Å². The van der Waals surface area contributed by atoms with E-state index in [0.717, 1.165) is 15.6 Å². The quantitative estimate of drug-likeness (QED) is 0.167. The minimum atomic E-state index is -1.47. The maximum atomic E-state index is 12.1. The van der Waals surface area contributed by atoms with E-state index >= 15 is 0 Å². The molecule has 3 amide bonds. The number of nitrogens with one attached hydrogen (secondary N) is 3. The smallest absolute Gasteiger partial charge is 0.326 e. The minimum absolute atomic E-state index is 0.000283. The molecule has 6 N–H and O–H groups in total. The number of aryl methyl sites for hydroxylation is 1. The number of carboxylic acid groups (broad SMARTS) is 3. The second-order valence-electron chi connectivity index (χ2n) is 7.86. The summed E-state index contributed by atoms with van der Waals surface area (Å²) in [7, 11) is 0. The van der Waals surface area contributed by atoms with Gasteiger partial charge >= 0.3 is 23.9 Å². The van der Waals surface area contributed by atoms with Gasteiger partial charge in [-0.1, -0.05) is 12.1 Å². The molecule has 3 atom stereocenters. The number of amides is 3. The Morgan fingerprint density at radius 3 is 1.91 bits per heavy atom. The summed E-state index contributed by atoms with van der Waals surface area (Å²) in [4.78, 5) is 57.4. The standard InChI is InChI=1S/C22H30IN3O8/c1-13(24-18(27)4-2-3-14-6-8-15(23)9-7-14)5-10-16(20(30)31)25-22(34)26-17(21(32)33)11-12-19(28)29/h6-9,13,16-17H,2-5,10-12H2,1H3,(H,24,27)(H,28,29)(H,30,31)(H,32,33)(H2,25,26,34)/t13?,16-,17-/m0/s1. The monoisotopic (exact) mass is 591 g/mol. The molecule has 188 valence electrons. The van der Waals surface area contributed by atoms with Gasteiger partial charge in [0.15, 0.2) is 0 Å². The largest absolute Gasteiger partial charge is 0.481 e. The molecule has 1 unspecified atom stereocenters. The third-order valence-electron chi connectivity index (χ3n) is 4.93. The van der Waals surface area contributed by atoms with Crippen molar-refractivity contribution in [1.29, 1.82) is 0 Å². The van der Waals surface area contributed by atoms with Crippen LogP contribution in [0.1, 0.15) is 51.0 Å². The van der Waals surface area contributed by atoms with E-state index < -0.39 is 42.4 Å². The summed E-state index contributed by atoms with van der Waals surface area (Å²) in [5.74, 6) is -4.12. The topological polar surface area (TPSA) is 182 Å². The molecule has 1 aromatic rings. The van der Waals surface area contributed by atoms with Crippen molar-refractivity contribution in [3.63, 3.8) is 0 Å². The third-order valence-corrected chi connectivity index (χ3v) is 5.65. The van der Waals surface area contributed by atoms with Gasteiger partial charge in [0.25, 0.3) is 0 Å². The van der Waals surface area contributed by atoms with Crippen LogP contribution < -0.4 is 16.0 Å². The van der Waals surface area contributed by atoms with E-state index in [-0.39, 0.29) is 31.2 Å². The molecule has 0 fully saturated rings. The molecule has 1 rings (SSSR count). The molecule has 0 spiro atoms. The fourth-order valence-electron chi connectivity index (χ4n) is 3.08. The lowest BCUT2D eigenvalue weighted by Crippen LogP contribution is -2.51. The van der Waals surface area contributed by atoms with Gasteiger partial charge in [0, 0.05) is 22.5 Å². The number of halogens is 1. The van der Waals surface area contributed by atoms with Crippen molar-refractivity contribution in [1.82, 2.24) is 16.0 Å². The van der Waals surface area contributed by atoms with Gasteiger partial charge in [-0.05, 0) is 79.3 Å². The molecule has 0 heterocycles. The zero-order valence-corrected chi connectivity index (χ0v) is 20.9. The number of carbonyl (C=O) groups excluding carboxylic acids is 2. The van der Waals surface area contributed by atoms with Gasteiger partial charge < -0.3 is 31.3 Å². The van der Waals surface area contributed by atoms with Crippen LogP contribution in [0.15, 0.2) is 24.3 Å². The second kappa shape index (κ2) is 15.1. The lowest BCUT2D eigenvalue weighted by Gasteiger charge is -2.20. The van der Waals surface area contributed by atoms with Gasteiger partial charge in [-0.2, -0.15) is 0 Å². The summed E-state index contributed by atoms with van der Waals surface area (Å²) in [6, 6.07) is 3.89. The second-order valence-corrected chi connectivity index (χ2v) is 9.10. The first-order chi connectivity index (χ1) is 16.0. The van der Waals surface area contributed by atoms with Crippen LogP contribution in [-0.4, -0.2) is 63.3 Å². The number of hydrogen-bond acceptors (Lipinski definition) is 5. The van der Waals surface area contributed by atoms with E-state index in [9.17, 15) is 29.1 Å². The van der Waals surface area contributed by atoms with E-state index in [0.29, 0.717) is 12.8 Å². The molecule has 0 aliphatic carbocycles. The minimum Gasteiger partial charge on any atom is -0.481 e. The van der Waals surface area contributed by atoms with Crippen molar-refractivity contribution < 1.29 is 39.3 Å². The van der Waals surface area contributed by atoms with Crippen LogP contribution in [0.2, 0.25) is 0 Å². The molecule has 34 heavy (non-hydrogen) atoms. The third kappa shape index (κ3) is 12.4. The highest BCUT2D eigenvalue weighted by atomic mass is 127. The lowest BCUT2D eigenvalue weighted by molar-refractivity contribution is -0.141. The van der Waals surface area contributed by atoms with Crippen molar-refractivity contribution in [2.24, 2.45) is 0 Å². The van der Waals surface area contributed by atoms with Crippen molar-refractivity contribution in [3.05, 3.63) is 33.4 Å². The molecule has 0 radical (unpaired) electrons. The van der Waals surface area contributed by atoms with Crippen molar-refractivity contribution >= 4 is 52.4 Å². The van der Waals surface area contributed by atoms with E-state index in [1.54, 1.807) is 6.92 Å². The molecule has 0 saturated carbocycles. The number of carbonyl (C=O) groups is 5. The Labute approximate surface area is 210 Å². The zero-order valence-electron chi connectivity index (χ0n) is 18.8. The molecule has 0 saturated heterocycles. The first-order valence-corrected chi connectivity index (χ1v) is 11.8. The first kappa shape index (κ1) is 29.1. The Bertz CT molecular complexity index is 862. The maximum Gasteiger partial charge on any atom is 0.326 e. The summed E-state index contributed by atoms with van der Waals surface area (Å²) in [6.07, 6.45) is 1.21. The molecule has 0 aromatic heterocycles. The molecule has 0 aliphatic heterocycles. The average molecular weight is 591 g/mol. The number of carboxylic acids is 3. The highest BCUT2D eigenvalue weighted by Crippen LogP contribution is 2.10.